The zero-order valence-corrected chi connectivity index (χ0v) is 21.4. The molecule has 12 heteroatoms. The van der Waals surface area contributed by atoms with Gasteiger partial charge in [0.2, 0.25) is 11.8 Å². The Hall–Kier alpha value is -4.74. The van der Waals surface area contributed by atoms with Gasteiger partial charge in [0.05, 0.1) is 23.4 Å². The highest BCUT2D eigenvalue weighted by atomic mass is 19.4. The lowest BCUT2D eigenvalue weighted by atomic mass is 9.97. The lowest BCUT2D eigenvalue weighted by Gasteiger charge is -2.24. The van der Waals surface area contributed by atoms with Gasteiger partial charge in [-0.3, -0.25) is 14.4 Å². The van der Waals surface area contributed by atoms with E-state index in [1.165, 1.54) is 30.3 Å². The van der Waals surface area contributed by atoms with Crippen LogP contribution in [0.25, 0.3) is 5.57 Å². The Balaban J connectivity index is 1.71. The molecule has 3 aromatic carbocycles. The number of anilines is 1. The highest BCUT2D eigenvalue weighted by molar-refractivity contribution is 6.10. The standard InChI is InChI=1S/C29H24F5N3O4/c30-28(31)12-13-37(24-9-5-4-8-20(24)22(28)15-26(39)36-16-25(35)38)27(40)21-11-10-19(14-23(21)29(32,33)34)41-17-18-6-2-1-3-7-18/h1-11,14-15H,12-13,16-17H2,(H2,35,38)(H,36,39)/b22-15-. The Morgan fingerprint density at radius 1 is 1.00 bits per heavy atom. The third-order valence-electron chi connectivity index (χ3n) is 6.26. The normalized spacial score (nSPS) is 15.5. The molecule has 1 heterocycles. The lowest BCUT2D eigenvalue weighted by molar-refractivity contribution is -0.138. The molecule has 4 rings (SSSR count). The summed E-state index contributed by atoms with van der Waals surface area (Å²) in [5, 5.41) is 2.09. The van der Waals surface area contributed by atoms with Crippen LogP contribution in [0.2, 0.25) is 0 Å². The van der Waals surface area contributed by atoms with Gasteiger partial charge < -0.3 is 20.7 Å². The molecule has 1 aliphatic heterocycles. The number of carbonyl (C=O) groups is 3. The molecule has 0 saturated heterocycles. The van der Waals surface area contributed by atoms with Gasteiger partial charge in [0, 0.05) is 30.2 Å². The summed E-state index contributed by atoms with van der Waals surface area (Å²) in [4.78, 5) is 37.6. The van der Waals surface area contributed by atoms with Crippen molar-refractivity contribution in [2.45, 2.75) is 25.1 Å². The zero-order chi connectivity index (χ0) is 29.8. The SMILES string of the molecule is NC(=O)CNC(=O)/C=C1/c2ccccc2N(C(=O)c2ccc(OCc3ccccc3)cc2C(F)(F)F)CCC1(F)F. The van der Waals surface area contributed by atoms with Gasteiger partial charge in [-0.15, -0.1) is 0 Å². The summed E-state index contributed by atoms with van der Waals surface area (Å²) in [7, 11) is 0. The minimum absolute atomic E-state index is 0.0118. The van der Waals surface area contributed by atoms with Crippen LogP contribution in [-0.2, 0) is 22.4 Å². The number of nitrogens with two attached hydrogens (primary N) is 1. The highest BCUT2D eigenvalue weighted by Crippen LogP contribution is 2.44. The summed E-state index contributed by atoms with van der Waals surface area (Å²) < 4.78 is 78.4. The first-order valence-electron chi connectivity index (χ1n) is 12.3. The molecule has 7 nitrogen and oxygen atoms in total. The van der Waals surface area contributed by atoms with Crippen molar-refractivity contribution >= 4 is 29.0 Å². The summed E-state index contributed by atoms with van der Waals surface area (Å²) in [6.07, 6.45) is -5.35. The maximum absolute atomic E-state index is 15.3. The predicted octanol–water partition coefficient (Wildman–Crippen LogP) is 4.96. The molecule has 1 aliphatic rings. The Bertz CT molecular complexity index is 1490. The van der Waals surface area contributed by atoms with Crippen molar-refractivity contribution in [3.8, 4) is 5.75 Å². The number of para-hydroxylation sites is 1. The molecule has 0 aliphatic carbocycles. The first-order chi connectivity index (χ1) is 19.4. The van der Waals surface area contributed by atoms with Crippen LogP contribution in [0.3, 0.4) is 0 Å². The molecule has 0 fully saturated rings. The molecule has 41 heavy (non-hydrogen) atoms. The van der Waals surface area contributed by atoms with E-state index in [1.54, 1.807) is 30.3 Å². The fourth-order valence-corrected chi connectivity index (χ4v) is 4.31. The van der Waals surface area contributed by atoms with E-state index < -0.39 is 66.0 Å². The van der Waals surface area contributed by atoms with Crippen LogP contribution in [0.5, 0.6) is 5.75 Å². The van der Waals surface area contributed by atoms with Crippen molar-refractivity contribution in [1.29, 1.82) is 0 Å². The number of benzene rings is 3. The molecule has 214 valence electrons. The van der Waals surface area contributed by atoms with Crippen molar-refractivity contribution < 1.29 is 41.1 Å². The average molecular weight is 574 g/mol. The maximum Gasteiger partial charge on any atom is 0.417 e. The fourth-order valence-electron chi connectivity index (χ4n) is 4.31. The Kier molecular flexibility index (Phi) is 8.41. The largest absolute Gasteiger partial charge is 0.489 e. The van der Waals surface area contributed by atoms with E-state index in [0.29, 0.717) is 12.1 Å². The summed E-state index contributed by atoms with van der Waals surface area (Å²) in [6, 6.07) is 16.9. The van der Waals surface area contributed by atoms with Gasteiger partial charge in [-0.2, -0.15) is 13.2 Å². The second-order valence-electron chi connectivity index (χ2n) is 9.15. The number of nitrogens with zero attached hydrogens (tertiary/aromatic N) is 1. The number of nitrogens with one attached hydrogen (secondary N) is 1. The van der Waals surface area contributed by atoms with Crippen LogP contribution < -0.4 is 20.7 Å². The molecule has 0 aromatic heterocycles. The van der Waals surface area contributed by atoms with Crippen LogP contribution in [0.15, 0.2) is 78.9 Å². The number of hydrogen-bond acceptors (Lipinski definition) is 4. The number of primary amides is 1. The van der Waals surface area contributed by atoms with Crippen LogP contribution in [0.4, 0.5) is 27.6 Å². The Morgan fingerprint density at radius 3 is 2.37 bits per heavy atom. The van der Waals surface area contributed by atoms with Crippen LogP contribution >= 0.6 is 0 Å². The maximum atomic E-state index is 15.3. The van der Waals surface area contributed by atoms with Gasteiger partial charge in [0.15, 0.2) is 0 Å². The number of alkyl halides is 5. The molecule has 0 saturated carbocycles. The van der Waals surface area contributed by atoms with Crippen molar-refractivity contribution in [3.63, 3.8) is 0 Å². The molecule has 0 spiro atoms. The predicted molar refractivity (Wildman–Crippen MR) is 140 cm³/mol. The number of allylic oxidation sites excluding steroid dienone is 1. The van der Waals surface area contributed by atoms with Crippen molar-refractivity contribution in [3.05, 3.63) is 101 Å². The van der Waals surface area contributed by atoms with Gasteiger partial charge in [-0.25, -0.2) is 8.78 Å². The molecular formula is C29H24F5N3O4. The van der Waals surface area contributed by atoms with E-state index in [2.05, 4.69) is 5.32 Å². The summed E-state index contributed by atoms with van der Waals surface area (Å²) >= 11 is 0. The summed E-state index contributed by atoms with van der Waals surface area (Å²) in [6.45, 7) is -1.25. The number of hydrogen-bond donors (Lipinski definition) is 2. The Morgan fingerprint density at radius 2 is 1.68 bits per heavy atom. The van der Waals surface area contributed by atoms with E-state index >= 15 is 8.78 Å². The highest BCUT2D eigenvalue weighted by Gasteiger charge is 2.43. The average Bonchev–Trinajstić information content (AvgIpc) is 3.04. The van der Waals surface area contributed by atoms with Gasteiger partial charge in [-0.1, -0.05) is 48.5 Å². The first-order valence-corrected chi connectivity index (χ1v) is 12.3. The minimum Gasteiger partial charge on any atom is -0.489 e. The lowest BCUT2D eigenvalue weighted by Crippen LogP contribution is -2.34. The molecule has 3 aromatic rings. The molecular weight excluding hydrogens is 549 g/mol. The summed E-state index contributed by atoms with van der Waals surface area (Å²) in [5.41, 5.74) is 2.55. The number of halogens is 5. The van der Waals surface area contributed by atoms with E-state index in [0.717, 1.165) is 16.5 Å². The van der Waals surface area contributed by atoms with Gasteiger partial charge >= 0.3 is 6.18 Å². The Labute approximate surface area is 231 Å². The second-order valence-corrected chi connectivity index (χ2v) is 9.15. The third-order valence-corrected chi connectivity index (χ3v) is 6.26. The van der Waals surface area contributed by atoms with Crippen molar-refractivity contribution in [2.75, 3.05) is 18.0 Å². The number of amides is 3. The van der Waals surface area contributed by atoms with E-state index in [1.807, 2.05) is 0 Å². The number of carbonyl (C=O) groups excluding carboxylic acids is 3. The number of rotatable bonds is 7. The minimum atomic E-state index is -4.96. The van der Waals surface area contributed by atoms with Gasteiger partial charge in [0.1, 0.15) is 12.4 Å². The third kappa shape index (κ3) is 6.89. The second kappa shape index (κ2) is 11.8. The smallest absolute Gasteiger partial charge is 0.417 e. The molecule has 0 atom stereocenters. The van der Waals surface area contributed by atoms with Crippen LogP contribution in [0, 0.1) is 0 Å². The quantitative estimate of drug-likeness (QED) is 0.308. The van der Waals surface area contributed by atoms with Gasteiger partial charge in [-0.05, 0) is 29.8 Å². The molecule has 3 amide bonds. The number of ether oxygens (including phenoxy) is 1. The molecule has 0 unspecified atom stereocenters. The van der Waals surface area contributed by atoms with Crippen molar-refractivity contribution in [2.24, 2.45) is 5.73 Å². The molecule has 0 radical (unpaired) electrons. The zero-order valence-electron chi connectivity index (χ0n) is 21.4. The molecule has 3 N–H and O–H groups in total. The monoisotopic (exact) mass is 573 g/mol. The van der Waals surface area contributed by atoms with Crippen LogP contribution in [0.1, 0.15) is 33.5 Å². The topological polar surface area (TPSA) is 102 Å². The fraction of sp³-hybridized carbons (Fsp3) is 0.207. The van der Waals surface area contributed by atoms with E-state index in [9.17, 15) is 27.6 Å². The number of fused-ring (bicyclic) bond motifs is 1. The van der Waals surface area contributed by atoms with Crippen LogP contribution in [-0.4, -0.2) is 36.7 Å². The molecule has 0 bridgehead atoms. The summed E-state index contributed by atoms with van der Waals surface area (Å²) in [5.74, 6) is -6.85. The van der Waals surface area contributed by atoms with Crippen molar-refractivity contribution in [1.82, 2.24) is 5.32 Å². The van der Waals surface area contributed by atoms with E-state index in [-0.39, 0.29) is 23.6 Å². The van der Waals surface area contributed by atoms with Gasteiger partial charge in [0.25, 0.3) is 11.8 Å². The van der Waals surface area contributed by atoms with E-state index in [4.69, 9.17) is 10.5 Å². The first kappa shape index (κ1) is 29.2.